The monoisotopic (exact) mass is 237 g/mol. The molecule has 1 aliphatic rings. The van der Waals surface area contributed by atoms with E-state index in [2.05, 4.69) is 9.97 Å². The van der Waals surface area contributed by atoms with E-state index in [4.69, 9.17) is 15.6 Å². The van der Waals surface area contributed by atoms with Crippen LogP contribution in [0.15, 0.2) is 6.20 Å². The third kappa shape index (κ3) is 2.52. The molecule has 1 saturated carbocycles. The molecule has 6 nitrogen and oxygen atoms in total. The van der Waals surface area contributed by atoms with Gasteiger partial charge in [-0.25, -0.2) is 14.8 Å². The summed E-state index contributed by atoms with van der Waals surface area (Å²) in [5, 5.41) is 8.83. The molecule has 0 radical (unpaired) electrons. The lowest BCUT2D eigenvalue weighted by molar-refractivity contribution is 0.0400. The molecule has 1 unspecified atom stereocenters. The number of nitrogens with zero attached hydrogens (tertiary/aromatic N) is 2. The van der Waals surface area contributed by atoms with Crippen LogP contribution in [0.25, 0.3) is 0 Å². The van der Waals surface area contributed by atoms with Crippen molar-refractivity contribution in [1.29, 1.82) is 0 Å². The third-order valence-corrected chi connectivity index (χ3v) is 2.72. The number of aromatic nitrogens is 2. The first-order valence-electron chi connectivity index (χ1n) is 5.60. The lowest BCUT2D eigenvalue weighted by Crippen LogP contribution is -2.14. The van der Waals surface area contributed by atoms with E-state index in [0.717, 1.165) is 12.8 Å². The number of carbonyl (C=O) groups is 1. The van der Waals surface area contributed by atoms with Crippen molar-refractivity contribution in [3.63, 3.8) is 0 Å². The van der Waals surface area contributed by atoms with Crippen LogP contribution in [0, 0.1) is 5.92 Å². The Labute approximate surface area is 98.8 Å². The van der Waals surface area contributed by atoms with Gasteiger partial charge in [0.1, 0.15) is 17.5 Å². The van der Waals surface area contributed by atoms with Gasteiger partial charge in [-0.2, -0.15) is 0 Å². The highest BCUT2D eigenvalue weighted by Gasteiger charge is 2.35. The maximum Gasteiger partial charge on any atom is 0.341 e. The van der Waals surface area contributed by atoms with Crippen LogP contribution in [0.4, 0.5) is 5.82 Å². The van der Waals surface area contributed by atoms with Crippen molar-refractivity contribution in [3.8, 4) is 0 Å². The van der Waals surface area contributed by atoms with E-state index in [1.54, 1.807) is 0 Å². The van der Waals surface area contributed by atoms with E-state index in [0.29, 0.717) is 18.3 Å². The molecule has 92 valence electrons. The summed E-state index contributed by atoms with van der Waals surface area (Å²) in [6.07, 6.45) is 3.27. The zero-order valence-electron chi connectivity index (χ0n) is 9.59. The summed E-state index contributed by atoms with van der Waals surface area (Å²) in [6.45, 7) is 2.48. The number of hydrogen-bond acceptors (Lipinski definition) is 5. The second-order valence-corrected chi connectivity index (χ2v) is 4.05. The smallest absolute Gasteiger partial charge is 0.341 e. The fourth-order valence-corrected chi connectivity index (χ4v) is 1.71. The number of carboxylic acid groups (broad SMARTS) is 1. The summed E-state index contributed by atoms with van der Waals surface area (Å²) >= 11 is 0. The normalized spacial score (nSPS) is 16.8. The van der Waals surface area contributed by atoms with Crippen LogP contribution in [0.1, 0.15) is 42.1 Å². The van der Waals surface area contributed by atoms with E-state index in [-0.39, 0.29) is 17.5 Å². The van der Waals surface area contributed by atoms with Gasteiger partial charge in [0.15, 0.2) is 5.82 Å². The van der Waals surface area contributed by atoms with Crippen LogP contribution < -0.4 is 5.73 Å². The molecule has 3 N–H and O–H groups in total. The summed E-state index contributed by atoms with van der Waals surface area (Å²) < 4.78 is 5.58. The molecular formula is C11H15N3O3. The molecule has 0 aromatic carbocycles. The molecular weight excluding hydrogens is 222 g/mol. The standard InChI is InChI=1S/C11H15N3O3/c1-2-17-8(6-3-4-6)10-13-5-7(11(15)16)9(12)14-10/h5-6,8H,2-4H2,1H3,(H,15,16)(H2,12,13,14). The average molecular weight is 237 g/mol. The minimum atomic E-state index is -1.12. The molecule has 17 heavy (non-hydrogen) atoms. The van der Waals surface area contributed by atoms with E-state index < -0.39 is 5.97 Å². The summed E-state index contributed by atoms with van der Waals surface area (Å²) in [5.74, 6) is -0.205. The minimum Gasteiger partial charge on any atom is -0.477 e. The molecule has 2 rings (SSSR count). The molecule has 1 fully saturated rings. The summed E-state index contributed by atoms with van der Waals surface area (Å²) in [4.78, 5) is 18.9. The molecule has 1 heterocycles. The van der Waals surface area contributed by atoms with E-state index >= 15 is 0 Å². The van der Waals surface area contributed by atoms with Crippen molar-refractivity contribution in [1.82, 2.24) is 9.97 Å². The number of aromatic carboxylic acids is 1. The predicted octanol–water partition coefficient (Wildman–Crippen LogP) is 1.24. The Hall–Kier alpha value is -1.69. The lowest BCUT2D eigenvalue weighted by atomic mass is 10.2. The fraction of sp³-hybridized carbons (Fsp3) is 0.545. The first-order valence-corrected chi connectivity index (χ1v) is 5.60. The minimum absolute atomic E-state index is 0.00662. The van der Waals surface area contributed by atoms with Crippen molar-refractivity contribution >= 4 is 11.8 Å². The Morgan fingerprint density at radius 1 is 1.71 bits per heavy atom. The Bertz CT molecular complexity index is 432. The molecule has 1 atom stereocenters. The third-order valence-electron chi connectivity index (χ3n) is 2.72. The zero-order valence-corrected chi connectivity index (χ0v) is 9.59. The molecule has 1 aromatic rings. The number of hydrogen-bond donors (Lipinski definition) is 2. The highest BCUT2D eigenvalue weighted by molar-refractivity contribution is 5.92. The van der Waals surface area contributed by atoms with Gasteiger partial charge in [-0.3, -0.25) is 0 Å². The molecule has 1 aromatic heterocycles. The Morgan fingerprint density at radius 2 is 2.41 bits per heavy atom. The average Bonchev–Trinajstić information content (AvgIpc) is 3.09. The number of ether oxygens (including phenoxy) is 1. The molecule has 0 aliphatic heterocycles. The van der Waals surface area contributed by atoms with Crippen molar-refractivity contribution in [2.75, 3.05) is 12.3 Å². The van der Waals surface area contributed by atoms with Crippen LogP contribution >= 0.6 is 0 Å². The van der Waals surface area contributed by atoms with Gasteiger partial charge >= 0.3 is 5.97 Å². The van der Waals surface area contributed by atoms with Crippen LogP contribution in [-0.2, 0) is 4.74 Å². The first kappa shape index (κ1) is 11.8. The SMILES string of the molecule is CCOC(c1ncc(C(=O)O)c(N)n1)C1CC1. The van der Waals surface area contributed by atoms with Crippen LogP contribution in [-0.4, -0.2) is 27.7 Å². The quantitative estimate of drug-likeness (QED) is 0.799. The number of nitrogen functional groups attached to an aromatic ring is 1. The number of anilines is 1. The topological polar surface area (TPSA) is 98.3 Å². The Kier molecular flexibility index (Phi) is 3.23. The Balaban J connectivity index is 2.25. The van der Waals surface area contributed by atoms with Gasteiger partial charge in [-0.15, -0.1) is 0 Å². The van der Waals surface area contributed by atoms with Gasteiger partial charge in [0.25, 0.3) is 0 Å². The number of rotatable bonds is 5. The van der Waals surface area contributed by atoms with Gasteiger partial charge < -0.3 is 15.6 Å². The molecule has 6 heteroatoms. The molecule has 0 saturated heterocycles. The van der Waals surface area contributed by atoms with Gasteiger partial charge in [-0.05, 0) is 25.7 Å². The lowest BCUT2D eigenvalue weighted by Gasteiger charge is -2.15. The summed E-state index contributed by atoms with van der Waals surface area (Å²) in [6, 6.07) is 0. The molecule has 0 bridgehead atoms. The van der Waals surface area contributed by atoms with E-state index in [9.17, 15) is 4.79 Å². The second kappa shape index (κ2) is 4.67. The predicted molar refractivity (Wildman–Crippen MR) is 60.5 cm³/mol. The first-order chi connectivity index (χ1) is 8.13. The number of carboxylic acids is 1. The van der Waals surface area contributed by atoms with Gasteiger partial charge in [0, 0.05) is 12.8 Å². The van der Waals surface area contributed by atoms with Gasteiger partial charge in [0.05, 0.1) is 0 Å². The molecule has 0 spiro atoms. The van der Waals surface area contributed by atoms with Crippen molar-refractivity contribution in [2.45, 2.75) is 25.9 Å². The molecule has 0 amide bonds. The number of nitrogens with two attached hydrogens (primary N) is 1. The van der Waals surface area contributed by atoms with Gasteiger partial charge in [0.2, 0.25) is 0 Å². The second-order valence-electron chi connectivity index (χ2n) is 4.05. The van der Waals surface area contributed by atoms with Crippen molar-refractivity contribution in [2.24, 2.45) is 5.92 Å². The van der Waals surface area contributed by atoms with Crippen molar-refractivity contribution in [3.05, 3.63) is 17.6 Å². The van der Waals surface area contributed by atoms with Crippen LogP contribution in [0.2, 0.25) is 0 Å². The van der Waals surface area contributed by atoms with Crippen molar-refractivity contribution < 1.29 is 14.6 Å². The highest BCUT2D eigenvalue weighted by atomic mass is 16.5. The summed E-state index contributed by atoms with van der Waals surface area (Å²) in [7, 11) is 0. The van der Waals surface area contributed by atoms with Crippen LogP contribution in [0.3, 0.4) is 0 Å². The zero-order chi connectivity index (χ0) is 12.4. The van der Waals surface area contributed by atoms with Gasteiger partial charge in [-0.1, -0.05) is 0 Å². The van der Waals surface area contributed by atoms with Crippen LogP contribution in [0.5, 0.6) is 0 Å². The maximum absolute atomic E-state index is 10.8. The maximum atomic E-state index is 10.8. The fourth-order valence-electron chi connectivity index (χ4n) is 1.71. The van der Waals surface area contributed by atoms with E-state index in [1.807, 2.05) is 6.92 Å². The summed E-state index contributed by atoms with van der Waals surface area (Å²) in [5.41, 5.74) is 5.52. The van der Waals surface area contributed by atoms with E-state index in [1.165, 1.54) is 6.20 Å². The largest absolute Gasteiger partial charge is 0.477 e. The molecule has 1 aliphatic carbocycles. The highest BCUT2D eigenvalue weighted by Crippen LogP contribution is 2.42. The Morgan fingerprint density at radius 3 is 2.88 bits per heavy atom.